The standard InChI is InChI=1S/C13H23N5O/c1-2-5-13(6-8-14-9-13)12(19)15-7-3-4-11-16-10-17-18-11/h10,14H,2-9H2,1H3,(H,15,19)(H,16,17,18). The van der Waals surface area contributed by atoms with E-state index in [2.05, 4.69) is 32.7 Å². The quantitative estimate of drug-likeness (QED) is 0.632. The van der Waals surface area contributed by atoms with E-state index >= 15 is 0 Å². The Morgan fingerprint density at radius 2 is 2.47 bits per heavy atom. The highest BCUT2D eigenvalue weighted by atomic mass is 16.2. The molecule has 1 aliphatic heterocycles. The molecular weight excluding hydrogens is 242 g/mol. The predicted molar refractivity (Wildman–Crippen MR) is 72.5 cm³/mol. The number of rotatable bonds is 7. The molecule has 1 unspecified atom stereocenters. The molecule has 1 aromatic heterocycles. The molecule has 1 amide bonds. The number of nitrogens with one attached hydrogen (secondary N) is 3. The SMILES string of the molecule is CCCC1(C(=O)NCCCc2ncn[nH]2)CCNC1. The van der Waals surface area contributed by atoms with Gasteiger partial charge in [-0.3, -0.25) is 9.89 Å². The van der Waals surface area contributed by atoms with Crippen LogP contribution in [0.1, 0.15) is 38.4 Å². The molecule has 0 aromatic carbocycles. The van der Waals surface area contributed by atoms with Crippen molar-refractivity contribution in [2.45, 2.75) is 39.0 Å². The Kier molecular flexibility index (Phi) is 4.90. The Labute approximate surface area is 113 Å². The Bertz CT molecular complexity index is 384. The molecule has 1 atom stereocenters. The summed E-state index contributed by atoms with van der Waals surface area (Å²) in [6.45, 7) is 4.60. The Balaban J connectivity index is 1.73. The van der Waals surface area contributed by atoms with Crippen molar-refractivity contribution in [1.82, 2.24) is 25.8 Å². The number of carbonyl (C=O) groups is 1. The van der Waals surface area contributed by atoms with Crippen LogP contribution in [-0.2, 0) is 11.2 Å². The molecule has 2 heterocycles. The minimum atomic E-state index is -0.180. The highest BCUT2D eigenvalue weighted by Gasteiger charge is 2.39. The summed E-state index contributed by atoms with van der Waals surface area (Å²) in [5, 5.41) is 13.0. The molecule has 0 aliphatic carbocycles. The van der Waals surface area contributed by atoms with Crippen LogP contribution in [0.5, 0.6) is 0 Å². The molecule has 1 saturated heterocycles. The van der Waals surface area contributed by atoms with Crippen molar-refractivity contribution in [2.75, 3.05) is 19.6 Å². The summed E-state index contributed by atoms with van der Waals surface area (Å²) in [7, 11) is 0. The smallest absolute Gasteiger partial charge is 0.227 e. The van der Waals surface area contributed by atoms with Crippen molar-refractivity contribution in [3.8, 4) is 0 Å². The van der Waals surface area contributed by atoms with Gasteiger partial charge in [-0.15, -0.1) is 0 Å². The molecule has 6 heteroatoms. The van der Waals surface area contributed by atoms with Gasteiger partial charge in [0.05, 0.1) is 5.41 Å². The molecule has 1 aromatic rings. The van der Waals surface area contributed by atoms with Crippen LogP contribution in [0, 0.1) is 5.41 Å². The van der Waals surface area contributed by atoms with Gasteiger partial charge < -0.3 is 10.6 Å². The predicted octanol–water partition coefficient (Wildman–Crippen LogP) is 0.633. The lowest BCUT2D eigenvalue weighted by molar-refractivity contribution is -0.130. The lowest BCUT2D eigenvalue weighted by atomic mass is 9.81. The summed E-state index contributed by atoms with van der Waals surface area (Å²) < 4.78 is 0. The normalized spacial score (nSPS) is 22.6. The summed E-state index contributed by atoms with van der Waals surface area (Å²) in [5.41, 5.74) is -0.180. The lowest BCUT2D eigenvalue weighted by Crippen LogP contribution is -2.42. The second kappa shape index (κ2) is 6.65. The summed E-state index contributed by atoms with van der Waals surface area (Å²) in [5.74, 6) is 1.08. The van der Waals surface area contributed by atoms with E-state index in [0.29, 0.717) is 6.54 Å². The van der Waals surface area contributed by atoms with Crippen molar-refractivity contribution in [1.29, 1.82) is 0 Å². The van der Waals surface area contributed by atoms with Gasteiger partial charge in [-0.2, -0.15) is 5.10 Å². The fraction of sp³-hybridized carbons (Fsp3) is 0.769. The van der Waals surface area contributed by atoms with Gasteiger partial charge in [-0.1, -0.05) is 13.3 Å². The first kappa shape index (κ1) is 14.0. The highest BCUT2D eigenvalue weighted by molar-refractivity contribution is 5.83. The van der Waals surface area contributed by atoms with E-state index in [9.17, 15) is 4.79 Å². The average Bonchev–Trinajstić information content (AvgIpc) is 3.06. The molecule has 0 saturated carbocycles. The highest BCUT2D eigenvalue weighted by Crippen LogP contribution is 2.31. The Hall–Kier alpha value is -1.43. The van der Waals surface area contributed by atoms with Crippen molar-refractivity contribution >= 4 is 5.91 Å². The number of carbonyl (C=O) groups excluding carboxylic acids is 1. The topological polar surface area (TPSA) is 82.7 Å². The summed E-state index contributed by atoms with van der Waals surface area (Å²) >= 11 is 0. The molecule has 0 radical (unpaired) electrons. The van der Waals surface area contributed by atoms with Gasteiger partial charge in [0.2, 0.25) is 5.91 Å². The van der Waals surface area contributed by atoms with Gasteiger partial charge in [0, 0.05) is 19.5 Å². The molecular formula is C13H23N5O. The number of amides is 1. The minimum Gasteiger partial charge on any atom is -0.356 e. The number of aromatic nitrogens is 3. The molecule has 1 fully saturated rings. The maximum absolute atomic E-state index is 12.3. The average molecular weight is 265 g/mol. The summed E-state index contributed by atoms with van der Waals surface area (Å²) in [6.07, 6.45) is 6.18. The monoisotopic (exact) mass is 265 g/mol. The van der Waals surface area contributed by atoms with Crippen LogP contribution in [0.4, 0.5) is 0 Å². The number of hydrogen-bond acceptors (Lipinski definition) is 4. The molecule has 0 bridgehead atoms. The zero-order chi connectivity index (χ0) is 13.6. The zero-order valence-corrected chi connectivity index (χ0v) is 11.5. The van der Waals surface area contributed by atoms with E-state index < -0.39 is 0 Å². The van der Waals surface area contributed by atoms with E-state index in [1.165, 1.54) is 6.33 Å². The third kappa shape index (κ3) is 3.53. The van der Waals surface area contributed by atoms with E-state index in [-0.39, 0.29) is 11.3 Å². The molecule has 6 nitrogen and oxygen atoms in total. The van der Waals surface area contributed by atoms with Gasteiger partial charge in [-0.25, -0.2) is 4.98 Å². The largest absolute Gasteiger partial charge is 0.356 e. The van der Waals surface area contributed by atoms with Crippen LogP contribution in [0.25, 0.3) is 0 Å². The summed E-state index contributed by atoms with van der Waals surface area (Å²) in [6, 6.07) is 0. The van der Waals surface area contributed by atoms with Crippen LogP contribution in [0.3, 0.4) is 0 Å². The number of H-pyrrole nitrogens is 1. The fourth-order valence-corrected chi connectivity index (χ4v) is 2.74. The first-order valence-electron chi connectivity index (χ1n) is 7.10. The molecule has 2 rings (SSSR count). The Morgan fingerprint density at radius 1 is 1.58 bits per heavy atom. The fourth-order valence-electron chi connectivity index (χ4n) is 2.74. The van der Waals surface area contributed by atoms with Crippen molar-refractivity contribution in [3.63, 3.8) is 0 Å². The van der Waals surface area contributed by atoms with Gasteiger partial charge in [-0.05, 0) is 25.8 Å². The van der Waals surface area contributed by atoms with E-state index in [1.807, 2.05) is 0 Å². The lowest BCUT2D eigenvalue weighted by Gasteiger charge is -2.26. The maximum atomic E-state index is 12.3. The second-order valence-electron chi connectivity index (χ2n) is 5.25. The molecule has 3 N–H and O–H groups in total. The molecule has 0 spiro atoms. The van der Waals surface area contributed by atoms with Crippen molar-refractivity contribution < 1.29 is 4.79 Å². The number of aryl methyl sites for hydroxylation is 1. The van der Waals surface area contributed by atoms with E-state index in [4.69, 9.17) is 0 Å². The van der Waals surface area contributed by atoms with E-state index in [0.717, 1.165) is 51.0 Å². The molecule has 1 aliphatic rings. The van der Waals surface area contributed by atoms with Gasteiger partial charge in [0.25, 0.3) is 0 Å². The van der Waals surface area contributed by atoms with Gasteiger partial charge in [0.1, 0.15) is 12.2 Å². The number of aromatic amines is 1. The van der Waals surface area contributed by atoms with Crippen molar-refractivity contribution in [2.24, 2.45) is 5.41 Å². The molecule has 106 valence electrons. The van der Waals surface area contributed by atoms with Crippen LogP contribution < -0.4 is 10.6 Å². The van der Waals surface area contributed by atoms with Crippen LogP contribution >= 0.6 is 0 Å². The first-order chi connectivity index (χ1) is 9.27. The molecule has 19 heavy (non-hydrogen) atoms. The Morgan fingerprint density at radius 3 is 3.11 bits per heavy atom. The maximum Gasteiger partial charge on any atom is 0.227 e. The number of nitrogens with zero attached hydrogens (tertiary/aromatic N) is 2. The first-order valence-corrected chi connectivity index (χ1v) is 7.10. The number of hydrogen-bond donors (Lipinski definition) is 3. The summed E-state index contributed by atoms with van der Waals surface area (Å²) in [4.78, 5) is 16.4. The van der Waals surface area contributed by atoms with Crippen LogP contribution in [0.15, 0.2) is 6.33 Å². The van der Waals surface area contributed by atoms with Gasteiger partial charge in [0.15, 0.2) is 0 Å². The zero-order valence-electron chi connectivity index (χ0n) is 11.5. The minimum absolute atomic E-state index is 0.180. The van der Waals surface area contributed by atoms with Gasteiger partial charge >= 0.3 is 0 Å². The van der Waals surface area contributed by atoms with Crippen LogP contribution in [-0.4, -0.2) is 40.7 Å². The van der Waals surface area contributed by atoms with Crippen LogP contribution in [0.2, 0.25) is 0 Å². The van der Waals surface area contributed by atoms with Crippen molar-refractivity contribution in [3.05, 3.63) is 12.2 Å². The van der Waals surface area contributed by atoms with E-state index in [1.54, 1.807) is 0 Å². The third-order valence-corrected chi connectivity index (χ3v) is 3.79. The third-order valence-electron chi connectivity index (χ3n) is 3.79. The second-order valence-corrected chi connectivity index (χ2v) is 5.25.